The lowest BCUT2D eigenvalue weighted by Crippen LogP contribution is -2.52. The number of morpholine rings is 1. The Morgan fingerprint density at radius 2 is 2.50 bits per heavy atom. The number of carbonyl (C=O) groups is 1. The van der Waals surface area contributed by atoms with Crippen LogP contribution < -0.4 is 5.73 Å². The van der Waals surface area contributed by atoms with Crippen LogP contribution in [0.25, 0.3) is 0 Å². The topological polar surface area (TPSA) is 93.6 Å². The van der Waals surface area contributed by atoms with E-state index in [0.717, 1.165) is 0 Å². The predicted octanol–water partition coefficient (Wildman–Crippen LogP) is -0.926. The van der Waals surface area contributed by atoms with Crippen LogP contribution in [0.1, 0.15) is 6.92 Å². The fourth-order valence-electron chi connectivity index (χ4n) is 1.97. The first-order chi connectivity index (χ1) is 8.60. The molecule has 0 radical (unpaired) electrons. The summed E-state index contributed by atoms with van der Waals surface area (Å²) < 4.78 is 6.90. The molecule has 2 unspecified atom stereocenters. The summed E-state index contributed by atoms with van der Waals surface area (Å²) in [7, 11) is 0. The molecule has 1 aromatic rings. The number of anilines is 1. The molecule has 0 aromatic carbocycles. The molecule has 2 heterocycles. The molecular formula is C11H18N4O3. The number of amides is 1. The van der Waals surface area contributed by atoms with Crippen molar-refractivity contribution in [1.82, 2.24) is 14.7 Å². The Bertz CT molecular complexity index is 420. The molecule has 3 N–H and O–H groups in total. The van der Waals surface area contributed by atoms with Gasteiger partial charge in [0, 0.05) is 12.7 Å². The van der Waals surface area contributed by atoms with Gasteiger partial charge in [0.05, 0.1) is 37.2 Å². The zero-order valence-electron chi connectivity index (χ0n) is 10.3. The minimum atomic E-state index is -0.298. The maximum Gasteiger partial charge on any atom is 0.244 e. The van der Waals surface area contributed by atoms with E-state index >= 15 is 0 Å². The number of hydrogen-bond donors (Lipinski definition) is 2. The average Bonchev–Trinajstić information content (AvgIpc) is 2.75. The zero-order valence-corrected chi connectivity index (χ0v) is 10.3. The van der Waals surface area contributed by atoms with E-state index in [9.17, 15) is 4.79 Å². The first-order valence-electron chi connectivity index (χ1n) is 5.90. The van der Waals surface area contributed by atoms with E-state index in [2.05, 4.69) is 5.10 Å². The molecule has 0 saturated carbocycles. The van der Waals surface area contributed by atoms with Gasteiger partial charge in [0.25, 0.3) is 0 Å². The Labute approximate surface area is 105 Å². The van der Waals surface area contributed by atoms with Crippen LogP contribution in [0.5, 0.6) is 0 Å². The number of nitrogen functional groups attached to an aromatic ring is 1. The largest absolute Gasteiger partial charge is 0.396 e. The molecule has 2 rings (SSSR count). The van der Waals surface area contributed by atoms with Crippen molar-refractivity contribution in [3.63, 3.8) is 0 Å². The monoisotopic (exact) mass is 254 g/mol. The summed E-state index contributed by atoms with van der Waals surface area (Å²) in [5.74, 6) is -0.0487. The Balaban J connectivity index is 1.98. The number of hydrogen-bond acceptors (Lipinski definition) is 5. The van der Waals surface area contributed by atoms with Crippen molar-refractivity contribution < 1.29 is 14.6 Å². The highest BCUT2D eigenvalue weighted by atomic mass is 16.5. The molecule has 0 bridgehead atoms. The van der Waals surface area contributed by atoms with Crippen LogP contribution in [0.2, 0.25) is 0 Å². The molecular weight excluding hydrogens is 236 g/mol. The van der Waals surface area contributed by atoms with E-state index in [1.807, 2.05) is 6.92 Å². The van der Waals surface area contributed by atoms with Crippen molar-refractivity contribution in [2.45, 2.75) is 25.6 Å². The van der Waals surface area contributed by atoms with Crippen LogP contribution in [-0.2, 0) is 16.1 Å². The van der Waals surface area contributed by atoms with Crippen LogP contribution in [-0.4, -0.2) is 57.6 Å². The molecule has 1 aromatic heterocycles. The maximum atomic E-state index is 12.1. The molecule has 1 amide bonds. The Hall–Kier alpha value is -1.60. The predicted molar refractivity (Wildman–Crippen MR) is 64.6 cm³/mol. The second kappa shape index (κ2) is 5.36. The maximum absolute atomic E-state index is 12.1. The van der Waals surface area contributed by atoms with Gasteiger partial charge in [-0.2, -0.15) is 5.10 Å². The van der Waals surface area contributed by atoms with Gasteiger partial charge in [0.15, 0.2) is 0 Å². The minimum Gasteiger partial charge on any atom is -0.396 e. The van der Waals surface area contributed by atoms with Gasteiger partial charge in [-0.15, -0.1) is 0 Å². The second-order valence-electron chi connectivity index (χ2n) is 4.50. The lowest BCUT2D eigenvalue weighted by atomic mass is 10.2. The van der Waals surface area contributed by atoms with E-state index in [1.165, 1.54) is 10.9 Å². The zero-order chi connectivity index (χ0) is 13.1. The molecule has 18 heavy (non-hydrogen) atoms. The van der Waals surface area contributed by atoms with Gasteiger partial charge in [0.1, 0.15) is 6.54 Å². The fourth-order valence-corrected chi connectivity index (χ4v) is 1.97. The third-order valence-corrected chi connectivity index (χ3v) is 2.98. The van der Waals surface area contributed by atoms with E-state index in [-0.39, 0.29) is 31.2 Å². The molecule has 100 valence electrons. The van der Waals surface area contributed by atoms with Gasteiger partial charge in [-0.1, -0.05) is 0 Å². The van der Waals surface area contributed by atoms with Gasteiger partial charge in [0.2, 0.25) is 5.91 Å². The summed E-state index contributed by atoms with van der Waals surface area (Å²) in [4.78, 5) is 13.8. The number of aromatic nitrogens is 2. The number of rotatable bonds is 3. The third-order valence-electron chi connectivity index (χ3n) is 2.98. The van der Waals surface area contributed by atoms with E-state index in [0.29, 0.717) is 18.8 Å². The summed E-state index contributed by atoms with van der Waals surface area (Å²) in [6.45, 7) is 2.85. The highest BCUT2D eigenvalue weighted by molar-refractivity contribution is 5.76. The molecule has 1 fully saturated rings. The standard InChI is InChI=1S/C11H18N4O3/c1-8-7-18-10(6-16)4-15(8)11(17)5-14-3-9(12)2-13-14/h2-3,8,10,16H,4-7,12H2,1H3. The first-order valence-corrected chi connectivity index (χ1v) is 5.90. The Morgan fingerprint density at radius 3 is 3.11 bits per heavy atom. The van der Waals surface area contributed by atoms with E-state index in [4.69, 9.17) is 15.6 Å². The molecule has 1 aliphatic heterocycles. The van der Waals surface area contributed by atoms with E-state index in [1.54, 1.807) is 11.1 Å². The Kier molecular flexibility index (Phi) is 3.83. The average molecular weight is 254 g/mol. The number of carbonyl (C=O) groups excluding carboxylic acids is 1. The third kappa shape index (κ3) is 2.80. The Morgan fingerprint density at radius 1 is 1.72 bits per heavy atom. The van der Waals surface area contributed by atoms with Crippen molar-refractivity contribution in [1.29, 1.82) is 0 Å². The summed E-state index contributed by atoms with van der Waals surface area (Å²) in [6, 6.07) is 0.00760. The molecule has 2 atom stereocenters. The number of ether oxygens (including phenoxy) is 1. The van der Waals surface area contributed by atoms with Crippen LogP contribution in [0.3, 0.4) is 0 Å². The minimum absolute atomic E-state index is 0.00760. The van der Waals surface area contributed by atoms with Crippen molar-refractivity contribution in [2.24, 2.45) is 0 Å². The van der Waals surface area contributed by atoms with Crippen molar-refractivity contribution in [3.05, 3.63) is 12.4 Å². The van der Waals surface area contributed by atoms with E-state index < -0.39 is 0 Å². The summed E-state index contributed by atoms with van der Waals surface area (Å²) in [5.41, 5.74) is 6.08. The highest BCUT2D eigenvalue weighted by Gasteiger charge is 2.29. The SMILES string of the molecule is CC1COC(CO)CN1C(=O)Cn1cc(N)cn1. The van der Waals surface area contributed by atoms with Crippen LogP contribution in [0.15, 0.2) is 12.4 Å². The summed E-state index contributed by atoms with van der Waals surface area (Å²) in [6.07, 6.45) is 2.83. The molecule has 7 nitrogen and oxygen atoms in total. The van der Waals surface area contributed by atoms with Crippen LogP contribution in [0.4, 0.5) is 5.69 Å². The van der Waals surface area contributed by atoms with Crippen molar-refractivity contribution in [2.75, 3.05) is 25.5 Å². The molecule has 0 aliphatic carbocycles. The number of nitrogens with zero attached hydrogens (tertiary/aromatic N) is 3. The first kappa shape index (κ1) is 12.8. The van der Waals surface area contributed by atoms with Gasteiger partial charge in [-0.05, 0) is 6.92 Å². The highest BCUT2D eigenvalue weighted by Crippen LogP contribution is 2.12. The van der Waals surface area contributed by atoms with Gasteiger partial charge < -0.3 is 20.5 Å². The summed E-state index contributed by atoms with van der Waals surface area (Å²) in [5, 5.41) is 13.1. The smallest absolute Gasteiger partial charge is 0.244 e. The van der Waals surface area contributed by atoms with Crippen LogP contribution in [0, 0.1) is 0 Å². The van der Waals surface area contributed by atoms with Crippen molar-refractivity contribution >= 4 is 11.6 Å². The molecule has 1 aliphatic rings. The quantitative estimate of drug-likeness (QED) is 0.727. The molecule has 1 saturated heterocycles. The molecule has 7 heteroatoms. The fraction of sp³-hybridized carbons (Fsp3) is 0.636. The lowest BCUT2D eigenvalue weighted by molar-refractivity contribution is -0.147. The number of aliphatic hydroxyl groups is 1. The number of nitrogens with two attached hydrogens (primary N) is 1. The summed E-state index contributed by atoms with van der Waals surface area (Å²) >= 11 is 0. The number of aliphatic hydroxyl groups excluding tert-OH is 1. The van der Waals surface area contributed by atoms with Gasteiger partial charge in [-0.3, -0.25) is 9.48 Å². The van der Waals surface area contributed by atoms with Gasteiger partial charge >= 0.3 is 0 Å². The lowest BCUT2D eigenvalue weighted by Gasteiger charge is -2.37. The van der Waals surface area contributed by atoms with Crippen LogP contribution >= 0.6 is 0 Å². The second-order valence-corrected chi connectivity index (χ2v) is 4.50. The van der Waals surface area contributed by atoms with Gasteiger partial charge in [-0.25, -0.2) is 0 Å². The molecule has 0 spiro atoms. The van der Waals surface area contributed by atoms with Crippen molar-refractivity contribution in [3.8, 4) is 0 Å². The normalized spacial score (nSPS) is 24.2.